The van der Waals surface area contributed by atoms with Crippen LogP contribution in [0.15, 0.2) is 0 Å². The molecule has 1 saturated heterocycles. The summed E-state index contributed by atoms with van der Waals surface area (Å²) < 4.78 is 0. The SMILES string of the molecule is CCC1(C(=O)NO)CCNCC1. The van der Waals surface area contributed by atoms with Crippen LogP contribution in [-0.2, 0) is 4.79 Å². The maximum atomic E-state index is 11.3. The maximum absolute atomic E-state index is 11.3. The second-order valence-electron chi connectivity index (χ2n) is 3.32. The molecule has 1 heterocycles. The minimum atomic E-state index is -0.333. The molecule has 1 fully saturated rings. The van der Waals surface area contributed by atoms with Gasteiger partial charge in [0.25, 0.3) is 0 Å². The van der Waals surface area contributed by atoms with Crippen LogP contribution in [0.1, 0.15) is 26.2 Å². The van der Waals surface area contributed by atoms with Crippen molar-refractivity contribution in [1.82, 2.24) is 10.8 Å². The monoisotopic (exact) mass is 172 g/mol. The number of amides is 1. The van der Waals surface area contributed by atoms with Crippen molar-refractivity contribution in [2.24, 2.45) is 5.41 Å². The van der Waals surface area contributed by atoms with Gasteiger partial charge in [0.15, 0.2) is 0 Å². The summed E-state index contributed by atoms with van der Waals surface area (Å²) >= 11 is 0. The first kappa shape index (κ1) is 9.48. The summed E-state index contributed by atoms with van der Waals surface area (Å²) in [5.41, 5.74) is 1.43. The third-order valence-corrected chi connectivity index (χ3v) is 2.82. The van der Waals surface area contributed by atoms with E-state index in [1.807, 2.05) is 6.92 Å². The van der Waals surface area contributed by atoms with E-state index in [1.54, 1.807) is 5.48 Å². The van der Waals surface area contributed by atoms with Crippen LogP contribution in [0.4, 0.5) is 0 Å². The second kappa shape index (κ2) is 3.87. The van der Waals surface area contributed by atoms with Crippen LogP contribution < -0.4 is 10.8 Å². The van der Waals surface area contributed by atoms with E-state index in [0.717, 1.165) is 32.4 Å². The van der Waals surface area contributed by atoms with Crippen molar-refractivity contribution in [3.05, 3.63) is 0 Å². The van der Waals surface area contributed by atoms with E-state index < -0.39 is 0 Å². The van der Waals surface area contributed by atoms with Crippen molar-refractivity contribution in [3.8, 4) is 0 Å². The molecule has 0 radical (unpaired) electrons. The highest BCUT2D eigenvalue weighted by molar-refractivity contribution is 5.81. The zero-order valence-electron chi connectivity index (χ0n) is 7.39. The summed E-state index contributed by atoms with van der Waals surface area (Å²) in [6.07, 6.45) is 2.42. The molecule has 4 nitrogen and oxygen atoms in total. The molecule has 12 heavy (non-hydrogen) atoms. The summed E-state index contributed by atoms with van der Waals surface area (Å²) in [6, 6.07) is 0. The molecule has 0 atom stereocenters. The third-order valence-electron chi connectivity index (χ3n) is 2.82. The molecule has 1 rings (SSSR count). The number of piperidine rings is 1. The molecular weight excluding hydrogens is 156 g/mol. The summed E-state index contributed by atoms with van der Waals surface area (Å²) in [5, 5.41) is 11.8. The molecule has 70 valence electrons. The van der Waals surface area contributed by atoms with Gasteiger partial charge in [-0.15, -0.1) is 0 Å². The number of hydrogen-bond donors (Lipinski definition) is 3. The maximum Gasteiger partial charge on any atom is 0.249 e. The molecule has 0 aromatic carbocycles. The molecule has 3 N–H and O–H groups in total. The number of rotatable bonds is 2. The summed E-state index contributed by atoms with van der Waals surface area (Å²) in [4.78, 5) is 11.3. The van der Waals surface area contributed by atoms with Crippen molar-refractivity contribution in [1.29, 1.82) is 0 Å². The lowest BCUT2D eigenvalue weighted by Crippen LogP contribution is -2.46. The summed E-state index contributed by atoms with van der Waals surface area (Å²) in [5.74, 6) is -0.230. The smallest absolute Gasteiger partial charge is 0.249 e. The number of hydroxylamine groups is 1. The normalized spacial score (nSPS) is 21.8. The van der Waals surface area contributed by atoms with Gasteiger partial charge in [0, 0.05) is 0 Å². The molecule has 0 unspecified atom stereocenters. The van der Waals surface area contributed by atoms with Crippen molar-refractivity contribution in [2.45, 2.75) is 26.2 Å². The molecule has 0 saturated carbocycles. The van der Waals surface area contributed by atoms with E-state index in [0.29, 0.717) is 0 Å². The Balaban J connectivity index is 2.66. The van der Waals surface area contributed by atoms with E-state index in [9.17, 15) is 4.79 Å². The van der Waals surface area contributed by atoms with Crippen molar-refractivity contribution >= 4 is 5.91 Å². The first-order valence-corrected chi connectivity index (χ1v) is 4.40. The molecule has 0 aromatic heterocycles. The summed E-state index contributed by atoms with van der Waals surface area (Å²) in [7, 11) is 0. The van der Waals surface area contributed by atoms with Gasteiger partial charge in [0.2, 0.25) is 5.91 Å². The lowest BCUT2D eigenvalue weighted by molar-refractivity contribution is -0.141. The molecule has 1 aliphatic rings. The van der Waals surface area contributed by atoms with Crippen LogP contribution >= 0.6 is 0 Å². The Bertz CT molecular complexity index is 164. The lowest BCUT2D eigenvalue weighted by Gasteiger charge is -2.34. The van der Waals surface area contributed by atoms with E-state index in [-0.39, 0.29) is 11.3 Å². The fourth-order valence-electron chi connectivity index (χ4n) is 1.77. The number of carbonyl (C=O) groups excluding carboxylic acids is 1. The molecule has 0 spiro atoms. The largest absolute Gasteiger partial charge is 0.317 e. The fraction of sp³-hybridized carbons (Fsp3) is 0.875. The van der Waals surface area contributed by atoms with Crippen LogP contribution in [0.25, 0.3) is 0 Å². The Morgan fingerprint density at radius 3 is 2.58 bits per heavy atom. The van der Waals surface area contributed by atoms with Crippen LogP contribution in [0, 0.1) is 5.41 Å². The second-order valence-corrected chi connectivity index (χ2v) is 3.32. The molecule has 1 aliphatic heterocycles. The van der Waals surface area contributed by atoms with E-state index in [2.05, 4.69) is 5.32 Å². The molecule has 0 bridgehead atoms. The van der Waals surface area contributed by atoms with Gasteiger partial charge in [-0.3, -0.25) is 10.0 Å². The minimum Gasteiger partial charge on any atom is -0.317 e. The predicted molar refractivity (Wildman–Crippen MR) is 44.8 cm³/mol. The Hall–Kier alpha value is -0.610. The van der Waals surface area contributed by atoms with Gasteiger partial charge in [0.05, 0.1) is 5.41 Å². The third kappa shape index (κ3) is 1.59. The zero-order valence-corrected chi connectivity index (χ0v) is 7.39. The van der Waals surface area contributed by atoms with Gasteiger partial charge in [-0.05, 0) is 32.4 Å². The quantitative estimate of drug-likeness (QED) is 0.414. The topological polar surface area (TPSA) is 61.4 Å². The van der Waals surface area contributed by atoms with Gasteiger partial charge in [-0.2, -0.15) is 0 Å². The van der Waals surface area contributed by atoms with Crippen molar-refractivity contribution < 1.29 is 10.0 Å². The highest BCUT2D eigenvalue weighted by atomic mass is 16.5. The molecular formula is C8H16N2O2. The van der Waals surface area contributed by atoms with E-state index >= 15 is 0 Å². The first-order valence-electron chi connectivity index (χ1n) is 4.40. The minimum absolute atomic E-state index is 0.230. The Kier molecular flexibility index (Phi) is 3.05. The summed E-state index contributed by atoms with van der Waals surface area (Å²) in [6.45, 7) is 3.71. The number of carbonyl (C=O) groups is 1. The predicted octanol–water partition coefficient (Wildman–Crippen LogP) is 0.272. The Morgan fingerprint density at radius 1 is 1.58 bits per heavy atom. The van der Waals surface area contributed by atoms with Gasteiger partial charge >= 0.3 is 0 Å². The average molecular weight is 172 g/mol. The van der Waals surface area contributed by atoms with Gasteiger partial charge in [-0.1, -0.05) is 6.92 Å². The van der Waals surface area contributed by atoms with Crippen LogP contribution in [0.3, 0.4) is 0 Å². The number of nitrogens with one attached hydrogen (secondary N) is 2. The fourth-order valence-corrected chi connectivity index (χ4v) is 1.77. The van der Waals surface area contributed by atoms with Crippen LogP contribution in [-0.4, -0.2) is 24.2 Å². The number of hydrogen-bond acceptors (Lipinski definition) is 3. The van der Waals surface area contributed by atoms with E-state index in [1.165, 1.54) is 0 Å². The molecule has 0 aliphatic carbocycles. The molecule has 1 amide bonds. The zero-order chi connectivity index (χ0) is 9.03. The molecule has 0 aromatic rings. The van der Waals surface area contributed by atoms with Crippen LogP contribution in [0.2, 0.25) is 0 Å². The van der Waals surface area contributed by atoms with Gasteiger partial charge < -0.3 is 5.32 Å². The van der Waals surface area contributed by atoms with E-state index in [4.69, 9.17) is 5.21 Å². The first-order chi connectivity index (χ1) is 5.75. The van der Waals surface area contributed by atoms with Crippen LogP contribution in [0.5, 0.6) is 0 Å². The Labute approximate surface area is 72.3 Å². The van der Waals surface area contributed by atoms with Gasteiger partial charge in [0.1, 0.15) is 0 Å². The standard InChI is InChI=1S/C8H16N2O2/c1-2-8(7(11)10-12)3-5-9-6-4-8/h9,12H,2-6H2,1H3,(H,10,11). The highest BCUT2D eigenvalue weighted by Crippen LogP contribution is 2.32. The lowest BCUT2D eigenvalue weighted by atomic mass is 9.76. The van der Waals surface area contributed by atoms with Crippen molar-refractivity contribution in [3.63, 3.8) is 0 Å². The molecule has 4 heteroatoms. The van der Waals surface area contributed by atoms with Crippen molar-refractivity contribution in [2.75, 3.05) is 13.1 Å². The highest BCUT2D eigenvalue weighted by Gasteiger charge is 2.37. The average Bonchev–Trinajstić information content (AvgIpc) is 2.17. The van der Waals surface area contributed by atoms with Gasteiger partial charge in [-0.25, -0.2) is 5.48 Å². The Morgan fingerprint density at radius 2 is 2.17 bits per heavy atom.